The largest absolute Gasteiger partial charge is 0.285 e. The zero-order chi connectivity index (χ0) is 9.92. The minimum Gasteiger partial charge on any atom is -0.285 e. The number of nitrogens with zero attached hydrogens (tertiary/aromatic N) is 1. The predicted molar refractivity (Wildman–Crippen MR) is 50.2 cm³/mol. The summed E-state index contributed by atoms with van der Waals surface area (Å²) in [6.45, 7) is 0. The molecule has 0 spiro atoms. The van der Waals surface area contributed by atoms with Crippen LogP contribution in [0.3, 0.4) is 0 Å². The molecule has 3 atom stereocenters. The molecule has 1 saturated carbocycles. The Morgan fingerprint density at radius 1 is 1.50 bits per heavy atom. The summed E-state index contributed by atoms with van der Waals surface area (Å²) in [5, 5.41) is 0. The third-order valence-corrected chi connectivity index (χ3v) is 4.05. The third-order valence-electron chi connectivity index (χ3n) is 4.05. The van der Waals surface area contributed by atoms with Crippen LogP contribution in [0.25, 0.3) is 0 Å². The molecule has 74 valence electrons. The van der Waals surface area contributed by atoms with Crippen LogP contribution in [0.5, 0.6) is 0 Å². The van der Waals surface area contributed by atoms with Crippen molar-refractivity contribution in [3.8, 4) is 0 Å². The number of rotatable bonds is 0. The Morgan fingerprint density at radius 3 is 3.00 bits per heavy atom. The zero-order valence-corrected chi connectivity index (χ0v) is 8.19. The first kappa shape index (κ1) is 8.21. The fourth-order valence-corrected chi connectivity index (χ4v) is 3.36. The predicted octanol–water partition coefficient (Wildman–Crippen LogP) is 0.958. The molecule has 3 rings (SSSR count). The second-order valence-electron chi connectivity index (χ2n) is 4.64. The lowest BCUT2D eigenvalue weighted by Gasteiger charge is -2.31. The molecule has 0 aromatic carbocycles. The van der Waals surface area contributed by atoms with Crippen molar-refractivity contribution in [2.45, 2.75) is 19.3 Å². The van der Waals surface area contributed by atoms with E-state index in [1.54, 1.807) is 7.05 Å². The van der Waals surface area contributed by atoms with Gasteiger partial charge in [0.2, 0.25) is 11.8 Å². The molecule has 0 N–H and O–H groups in total. The van der Waals surface area contributed by atoms with Gasteiger partial charge in [0.05, 0.1) is 11.3 Å². The van der Waals surface area contributed by atoms with Crippen LogP contribution < -0.4 is 0 Å². The van der Waals surface area contributed by atoms with Gasteiger partial charge in [0.15, 0.2) is 0 Å². The van der Waals surface area contributed by atoms with E-state index >= 15 is 0 Å². The standard InChI is InChI=1S/C11H13NO2/c1-12-9(13)8-7-3-2-5-11(8,6-4-7)10(12)14/h4,6-8H,2-3,5H2,1H3. The van der Waals surface area contributed by atoms with Crippen LogP contribution in [0.1, 0.15) is 19.3 Å². The van der Waals surface area contributed by atoms with Gasteiger partial charge in [0.1, 0.15) is 0 Å². The van der Waals surface area contributed by atoms with E-state index in [0.29, 0.717) is 5.92 Å². The summed E-state index contributed by atoms with van der Waals surface area (Å²) in [7, 11) is 1.61. The smallest absolute Gasteiger partial charge is 0.239 e. The minimum absolute atomic E-state index is 0.0194. The van der Waals surface area contributed by atoms with E-state index in [9.17, 15) is 9.59 Å². The van der Waals surface area contributed by atoms with Crippen LogP contribution in [-0.4, -0.2) is 23.8 Å². The molecule has 0 aromatic rings. The Morgan fingerprint density at radius 2 is 2.29 bits per heavy atom. The highest BCUT2D eigenvalue weighted by Crippen LogP contribution is 2.55. The first-order valence-electron chi connectivity index (χ1n) is 5.18. The normalized spacial score (nSPS) is 44.8. The maximum absolute atomic E-state index is 12.0. The van der Waals surface area contributed by atoms with Crippen molar-refractivity contribution in [1.82, 2.24) is 4.90 Å². The van der Waals surface area contributed by atoms with Crippen LogP contribution in [0, 0.1) is 17.3 Å². The number of likely N-dealkylation sites (tertiary alicyclic amines) is 1. The molecule has 2 fully saturated rings. The molecule has 3 aliphatic rings. The summed E-state index contributed by atoms with van der Waals surface area (Å²) in [6.07, 6.45) is 7.08. The molecule has 0 radical (unpaired) electrons. The van der Waals surface area contributed by atoms with Crippen LogP contribution in [-0.2, 0) is 9.59 Å². The number of hydrogen-bond acceptors (Lipinski definition) is 2. The molecule has 1 aliphatic heterocycles. The van der Waals surface area contributed by atoms with E-state index in [-0.39, 0.29) is 17.7 Å². The lowest BCUT2D eigenvalue weighted by molar-refractivity contribution is -0.139. The van der Waals surface area contributed by atoms with Gasteiger partial charge in [-0.15, -0.1) is 0 Å². The first-order valence-corrected chi connectivity index (χ1v) is 5.18. The highest BCUT2D eigenvalue weighted by atomic mass is 16.2. The summed E-state index contributed by atoms with van der Waals surface area (Å²) in [6, 6.07) is 0. The quantitative estimate of drug-likeness (QED) is 0.422. The van der Waals surface area contributed by atoms with Crippen molar-refractivity contribution in [1.29, 1.82) is 0 Å². The molecule has 14 heavy (non-hydrogen) atoms. The van der Waals surface area contributed by atoms with E-state index in [1.807, 2.05) is 6.08 Å². The van der Waals surface area contributed by atoms with Gasteiger partial charge in [0, 0.05) is 7.05 Å². The molecule has 2 bridgehead atoms. The Hall–Kier alpha value is -1.12. The van der Waals surface area contributed by atoms with Crippen molar-refractivity contribution in [3.63, 3.8) is 0 Å². The summed E-state index contributed by atoms with van der Waals surface area (Å²) < 4.78 is 0. The maximum Gasteiger partial charge on any atom is 0.239 e. The highest BCUT2D eigenvalue weighted by Gasteiger charge is 2.62. The molecule has 1 saturated heterocycles. The Labute approximate surface area is 82.8 Å². The summed E-state index contributed by atoms with van der Waals surface area (Å²) in [4.78, 5) is 25.2. The number of carbonyl (C=O) groups is 2. The molecule has 3 heteroatoms. The monoisotopic (exact) mass is 191 g/mol. The average Bonchev–Trinajstić information content (AvgIpc) is 2.52. The molecule has 0 aromatic heterocycles. The second kappa shape index (κ2) is 2.27. The third kappa shape index (κ3) is 0.668. The maximum atomic E-state index is 12.0. The van der Waals surface area contributed by atoms with Crippen molar-refractivity contribution < 1.29 is 9.59 Å². The van der Waals surface area contributed by atoms with Crippen molar-refractivity contribution in [3.05, 3.63) is 12.2 Å². The van der Waals surface area contributed by atoms with Crippen molar-refractivity contribution >= 4 is 11.8 Å². The zero-order valence-electron chi connectivity index (χ0n) is 8.19. The van der Waals surface area contributed by atoms with Gasteiger partial charge in [-0.2, -0.15) is 0 Å². The lowest BCUT2D eigenvalue weighted by atomic mass is 9.68. The molecule has 2 aliphatic carbocycles. The van der Waals surface area contributed by atoms with Crippen molar-refractivity contribution in [2.24, 2.45) is 17.3 Å². The number of allylic oxidation sites excluding steroid dienone is 1. The molecule has 3 unspecified atom stereocenters. The topological polar surface area (TPSA) is 37.4 Å². The van der Waals surface area contributed by atoms with Gasteiger partial charge in [-0.3, -0.25) is 14.5 Å². The number of imide groups is 1. The van der Waals surface area contributed by atoms with Crippen LogP contribution in [0.2, 0.25) is 0 Å². The SMILES string of the molecule is CN1C(=O)C2C3C=CC2(CCC3)C1=O. The van der Waals surface area contributed by atoms with Gasteiger partial charge in [-0.25, -0.2) is 0 Å². The molecular weight excluding hydrogens is 178 g/mol. The fraction of sp³-hybridized carbons (Fsp3) is 0.636. The summed E-state index contributed by atoms with van der Waals surface area (Å²) >= 11 is 0. The van der Waals surface area contributed by atoms with Crippen LogP contribution in [0.4, 0.5) is 0 Å². The van der Waals surface area contributed by atoms with E-state index < -0.39 is 5.41 Å². The second-order valence-corrected chi connectivity index (χ2v) is 4.64. The van der Waals surface area contributed by atoms with Gasteiger partial charge >= 0.3 is 0 Å². The molecular formula is C11H13NO2. The van der Waals surface area contributed by atoms with Gasteiger partial charge in [0.25, 0.3) is 0 Å². The first-order chi connectivity index (χ1) is 6.67. The summed E-state index contributed by atoms with van der Waals surface area (Å²) in [5.41, 5.74) is -0.436. The van der Waals surface area contributed by atoms with E-state index in [1.165, 1.54) is 4.90 Å². The van der Waals surface area contributed by atoms with Crippen LogP contribution in [0.15, 0.2) is 12.2 Å². The molecule has 1 heterocycles. The Balaban J connectivity index is 2.15. The van der Waals surface area contributed by atoms with Crippen LogP contribution >= 0.6 is 0 Å². The lowest BCUT2D eigenvalue weighted by Crippen LogP contribution is -2.35. The highest BCUT2D eigenvalue weighted by molar-refractivity contribution is 6.09. The number of amides is 2. The Bertz CT molecular complexity index is 360. The molecule has 2 amide bonds. The average molecular weight is 191 g/mol. The molecule has 3 nitrogen and oxygen atoms in total. The van der Waals surface area contributed by atoms with E-state index in [2.05, 4.69) is 6.08 Å². The van der Waals surface area contributed by atoms with Gasteiger partial charge < -0.3 is 0 Å². The Kier molecular flexibility index (Phi) is 1.33. The number of carbonyl (C=O) groups excluding carboxylic acids is 2. The number of hydrogen-bond donors (Lipinski definition) is 0. The van der Waals surface area contributed by atoms with E-state index in [4.69, 9.17) is 0 Å². The van der Waals surface area contributed by atoms with Crippen molar-refractivity contribution in [2.75, 3.05) is 7.05 Å². The van der Waals surface area contributed by atoms with Gasteiger partial charge in [-0.1, -0.05) is 18.6 Å². The van der Waals surface area contributed by atoms with E-state index in [0.717, 1.165) is 19.3 Å². The fourth-order valence-electron chi connectivity index (χ4n) is 3.36. The summed E-state index contributed by atoms with van der Waals surface area (Å²) in [5.74, 6) is 0.314. The van der Waals surface area contributed by atoms with Gasteiger partial charge in [-0.05, 0) is 18.8 Å². The minimum atomic E-state index is -0.436.